The van der Waals surface area contributed by atoms with E-state index in [1.807, 2.05) is 0 Å². The van der Waals surface area contributed by atoms with Gasteiger partial charge in [0.15, 0.2) is 0 Å². The Morgan fingerprint density at radius 1 is 1.21 bits per heavy atom. The minimum absolute atomic E-state index is 0.172. The second kappa shape index (κ2) is 6.52. The maximum atomic E-state index is 12.7. The van der Waals surface area contributed by atoms with Gasteiger partial charge in [-0.25, -0.2) is 0 Å². The fourth-order valence-electron chi connectivity index (χ4n) is 3.26. The molecule has 112 valence electrons. The van der Waals surface area contributed by atoms with Crippen molar-refractivity contribution in [3.63, 3.8) is 0 Å². The lowest BCUT2D eigenvalue weighted by molar-refractivity contribution is 0.251. The molecule has 2 heterocycles. The van der Waals surface area contributed by atoms with Gasteiger partial charge in [0.2, 0.25) is 0 Å². The van der Waals surface area contributed by atoms with Crippen molar-refractivity contribution >= 4 is 10.2 Å². The average Bonchev–Trinajstić information content (AvgIpc) is 2.85. The SMILES string of the molecule is CC1CCCN(S(=O)(=O)N2CCCC2CCCN)C1. The summed E-state index contributed by atoms with van der Waals surface area (Å²) in [6, 6.07) is 0.172. The molecule has 2 atom stereocenters. The Labute approximate surface area is 117 Å². The molecule has 0 radical (unpaired) electrons. The summed E-state index contributed by atoms with van der Waals surface area (Å²) in [5.41, 5.74) is 5.54. The van der Waals surface area contributed by atoms with Crippen LogP contribution in [-0.4, -0.2) is 49.2 Å². The zero-order chi connectivity index (χ0) is 13.9. The summed E-state index contributed by atoms with van der Waals surface area (Å²) in [5, 5.41) is 0. The molecule has 2 unspecified atom stereocenters. The van der Waals surface area contributed by atoms with E-state index >= 15 is 0 Å². The fourth-order valence-corrected chi connectivity index (χ4v) is 5.31. The van der Waals surface area contributed by atoms with E-state index in [9.17, 15) is 8.42 Å². The number of nitrogens with zero attached hydrogens (tertiary/aromatic N) is 2. The smallest absolute Gasteiger partial charge is 0.282 e. The summed E-state index contributed by atoms with van der Waals surface area (Å²) in [4.78, 5) is 0. The van der Waals surface area contributed by atoms with Crippen LogP contribution in [-0.2, 0) is 10.2 Å². The number of hydrogen-bond acceptors (Lipinski definition) is 3. The van der Waals surface area contributed by atoms with Gasteiger partial charge in [-0.2, -0.15) is 17.0 Å². The Hall–Kier alpha value is -0.170. The first kappa shape index (κ1) is 15.2. The molecule has 0 aromatic rings. The third-order valence-corrected chi connectivity index (χ3v) is 6.36. The maximum absolute atomic E-state index is 12.7. The Morgan fingerprint density at radius 2 is 1.95 bits per heavy atom. The molecule has 0 bridgehead atoms. The van der Waals surface area contributed by atoms with Crippen molar-refractivity contribution < 1.29 is 8.42 Å². The van der Waals surface area contributed by atoms with Crippen LogP contribution in [0.3, 0.4) is 0 Å². The zero-order valence-corrected chi connectivity index (χ0v) is 12.7. The largest absolute Gasteiger partial charge is 0.330 e. The minimum atomic E-state index is -3.25. The van der Waals surface area contributed by atoms with Gasteiger partial charge in [-0.15, -0.1) is 0 Å². The fraction of sp³-hybridized carbons (Fsp3) is 1.00. The normalized spacial score (nSPS) is 30.8. The maximum Gasteiger partial charge on any atom is 0.282 e. The van der Waals surface area contributed by atoms with E-state index in [2.05, 4.69) is 6.92 Å². The molecule has 2 rings (SSSR count). The summed E-state index contributed by atoms with van der Waals surface area (Å²) in [5.74, 6) is 0.480. The van der Waals surface area contributed by atoms with Crippen LogP contribution < -0.4 is 5.73 Å². The second-order valence-corrected chi connectivity index (χ2v) is 7.83. The highest BCUT2D eigenvalue weighted by Crippen LogP contribution is 2.28. The second-order valence-electron chi connectivity index (χ2n) is 5.95. The molecule has 0 spiro atoms. The van der Waals surface area contributed by atoms with E-state index in [1.54, 1.807) is 8.61 Å². The summed E-state index contributed by atoms with van der Waals surface area (Å²) < 4.78 is 28.9. The van der Waals surface area contributed by atoms with Crippen molar-refractivity contribution in [1.29, 1.82) is 0 Å². The standard InChI is InChI=1S/C13H27N3O2S/c1-12-5-3-9-15(11-12)19(17,18)16-10-4-7-13(16)6-2-8-14/h12-13H,2-11,14H2,1H3. The van der Waals surface area contributed by atoms with E-state index < -0.39 is 10.2 Å². The summed E-state index contributed by atoms with van der Waals surface area (Å²) in [7, 11) is -3.25. The quantitative estimate of drug-likeness (QED) is 0.826. The number of hydrogen-bond donors (Lipinski definition) is 1. The molecule has 2 aliphatic rings. The lowest BCUT2D eigenvalue weighted by Crippen LogP contribution is -2.49. The average molecular weight is 289 g/mol. The molecule has 0 saturated carbocycles. The van der Waals surface area contributed by atoms with Gasteiger partial charge in [-0.05, 0) is 51.0 Å². The van der Waals surface area contributed by atoms with Gasteiger partial charge >= 0.3 is 0 Å². The van der Waals surface area contributed by atoms with Crippen LogP contribution in [0.5, 0.6) is 0 Å². The predicted molar refractivity (Wildman–Crippen MR) is 76.9 cm³/mol. The van der Waals surface area contributed by atoms with Crippen LogP contribution in [0.15, 0.2) is 0 Å². The van der Waals surface area contributed by atoms with E-state index in [4.69, 9.17) is 5.73 Å². The zero-order valence-electron chi connectivity index (χ0n) is 11.9. The van der Waals surface area contributed by atoms with Gasteiger partial charge in [-0.1, -0.05) is 6.92 Å². The minimum Gasteiger partial charge on any atom is -0.330 e. The number of nitrogens with two attached hydrogens (primary N) is 1. The molecule has 5 nitrogen and oxygen atoms in total. The molecule has 6 heteroatoms. The molecular weight excluding hydrogens is 262 g/mol. The van der Waals surface area contributed by atoms with Crippen LogP contribution in [0, 0.1) is 5.92 Å². The molecule has 19 heavy (non-hydrogen) atoms. The molecule has 2 saturated heterocycles. The highest BCUT2D eigenvalue weighted by atomic mass is 32.2. The summed E-state index contributed by atoms with van der Waals surface area (Å²) >= 11 is 0. The van der Waals surface area contributed by atoms with Crippen LogP contribution in [0.4, 0.5) is 0 Å². The van der Waals surface area contributed by atoms with Crippen LogP contribution >= 0.6 is 0 Å². The van der Waals surface area contributed by atoms with Gasteiger partial charge in [0, 0.05) is 25.7 Å². The van der Waals surface area contributed by atoms with E-state index in [1.165, 1.54) is 0 Å². The van der Waals surface area contributed by atoms with Gasteiger partial charge in [0.1, 0.15) is 0 Å². The van der Waals surface area contributed by atoms with Gasteiger partial charge in [0.25, 0.3) is 10.2 Å². The third kappa shape index (κ3) is 3.48. The van der Waals surface area contributed by atoms with E-state index in [-0.39, 0.29) is 6.04 Å². The first-order valence-corrected chi connectivity index (χ1v) is 8.92. The lowest BCUT2D eigenvalue weighted by atomic mass is 10.0. The topological polar surface area (TPSA) is 66.6 Å². The summed E-state index contributed by atoms with van der Waals surface area (Å²) in [6.07, 6.45) is 5.91. The highest BCUT2D eigenvalue weighted by molar-refractivity contribution is 7.86. The molecule has 0 amide bonds. The van der Waals surface area contributed by atoms with Crippen molar-refractivity contribution in [2.45, 2.75) is 51.5 Å². The molecule has 0 aromatic carbocycles. The monoisotopic (exact) mass is 289 g/mol. The lowest BCUT2D eigenvalue weighted by Gasteiger charge is -2.35. The third-order valence-electron chi connectivity index (χ3n) is 4.31. The Morgan fingerprint density at radius 3 is 2.63 bits per heavy atom. The number of rotatable bonds is 5. The molecular formula is C13H27N3O2S. The van der Waals surface area contributed by atoms with Crippen LogP contribution in [0.2, 0.25) is 0 Å². The van der Waals surface area contributed by atoms with E-state index in [0.29, 0.717) is 32.1 Å². The van der Waals surface area contributed by atoms with Crippen molar-refractivity contribution in [2.24, 2.45) is 11.7 Å². The Bertz CT molecular complexity index is 385. The van der Waals surface area contributed by atoms with Crippen molar-refractivity contribution in [3.05, 3.63) is 0 Å². The van der Waals surface area contributed by atoms with Gasteiger partial charge in [0.05, 0.1) is 0 Å². The first-order valence-electron chi connectivity index (χ1n) is 7.52. The molecule has 0 aliphatic carbocycles. The Kier molecular flexibility index (Phi) is 5.22. The first-order chi connectivity index (χ1) is 9.05. The Balaban J connectivity index is 2.05. The van der Waals surface area contributed by atoms with Crippen molar-refractivity contribution in [2.75, 3.05) is 26.2 Å². The van der Waals surface area contributed by atoms with Crippen LogP contribution in [0.25, 0.3) is 0 Å². The highest BCUT2D eigenvalue weighted by Gasteiger charge is 2.38. The predicted octanol–water partition coefficient (Wildman–Crippen LogP) is 1.17. The molecule has 2 fully saturated rings. The molecule has 2 N–H and O–H groups in total. The van der Waals surface area contributed by atoms with Gasteiger partial charge < -0.3 is 5.73 Å². The van der Waals surface area contributed by atoms with E-state index in [0.717, 1.165) is 38.5 Å². The molecule has 0 aromatic heterocycles. The van der Waals surface area contributed by atoms with Crippen molar-refractivity contribution in [3.8, 4) is 0 Å². The number of piperidine rings is 1. The summed E-state index contributed by atoms with van der Waals surface area (Å²) in [6.45, 7) is 4.83. The van der Waals surface area contributed by atoms with Crippen LogP contribution in [0.1, 0.15) is 45.4 Å². The van der Waals surface area contributed by atoms with Gasteiger partial charge in [-0.3, -0.25) is 0 Å². The van der Waals surface area contributed by atoms with Crippen molar-refractivity contribution in [1.82, 2.24) is 8.61 Å². The molecule has 2 aliphatic heterocycles.